The lowest BCUT2D eigenvalue weighted by molar-refractivity contribution is 0.166. The number of urea groups is 1. The van der Waals surface area contributed by atoms with Crippen LogP contribution in [0.4, 0.5) is 10.5 Å². The number of nitrogens with one attached hydrogen (secondary N) is 1. The van der Waals surface area contributed by atoms with E-state index in [4.69, 9.17) is 9.84 Å². The number of carbonyl (C=O) groups excluding carboxylic acids is 1. The number of aryl methyl sites for hydroxylation is 1. The van der Waals surface area contributed by atoms with Gasteiger partial charge in [-0.3, -0.25) is 0 Å². The molecule has 0 saturated heterocycles. The molecule has 0 heterocycles. The molecule has 0 saturated carbocycles. The lowest BCUT2D eigenvalue weighted by Gasteiger charge is -2.24. The van der Waals surface area contributed by atoms with Gasteiger partial charge >= 0.3 is 6.03 Å². The first-order valence-corrected chi connectivity index (χ1v) is 7.49. The Hall–Kier alpha value is -2.53. The maximum Gasteiger partial charge on any atom is 0.322 e. The second kappa shape index (κ2) is 7.65. The SMILES string of the molecule is Cc1ccc(Oc2ccccc2)c(NC(=O)N(C)C(C)CO)c1. The highest BCUT2D eigenvalue weighted by Gasteiger charge is 2.17. The number of carbonyl (C=O) groups is 1. The van der Waals surface area contributed by atoms with E-state index in [1.165, 1.54) is 4.90 Å². The van der Waals surface area contributed by atoms with Gasteiger partial charge < -0.3 is 20.1 Å². The molecule has 5 heteroatoms. The summed E-state index contributed by atoms with van der Waals surface area (Å²) in [5.41, 5.74) is 1.61. The van der Waals surface area contributed by atoms with Crippen LogP contribution in [-0.2, 0) is 0 Å². The fraction of sp³-hybridized carbons (Fsp3) is 0.278. The molecule has 2 N–H and O–H groups in total. The number of aliphatic hydroxyl groups is 1. The molecule has 1 atom stereocenters. The summed E-state index contributed by atoms with van der Waals surface area (Å²) in [6, 6.07) is 14.4. The molecule has 0 spiro atoms. The van der Waals surface area contributed by atoms with Crippen LogP contribution in [0.5, 0.6) is 11.5 Å². The molecule has 2 amide bonds. The Morgan fingerprint density at radius 1 is 1.26 bits per heavy atom. The van der Waals surface area contributed by atoms with Crippen LogP contribution in [-0.4, -0.2) is 35.7 Å². The summed E-state index contributed by atoms with van der Waals surface area (Å²) in [5.74, 6) is 1.27. The van der Waals surface area contributed by atoms with Crippen LogP contribution in [0.2, 0.25) is 0 Å². The smallest absolute Gasteiger partial charge is 0.322 e. The van der Waals surface area contributed by atoms with Crippen LogP contribution in [0.3, 0.4) is 0 Å². The van der Waals surface area contributed by atoms with Crippen LogP contribution >= 0.6 is 0 Å². The number of aliphatic hydroxyl groups excluding tert-OH is 1. The van der Waals surface area contributed by atoms with Gasteiger partial charge in [-0.1, -0.05) is 24.3 Å². The summed E-state index contributed by atoms with van der Waals surface area (Å²) in [5, 5.41) is 12.0. The predicted molar refractivity (Wildman–Crippen MR) is 91.0 cm³/mol. The first-order chi connectivity index (χ1) is 11.0. The minimum Gasteiger partial charge on any atom is -0.455 e. The number of anilines is 1. The minimum absolute atomic E-state index is 0.0922. The van der Waals surface area contributed by atoms with Crippen molar-refractivity contribution in [3.05, 3.63) is 54.1 Å². The molecule has 122 valence electrons. The van der Waals surface area contributed by atoms with E-state index in [0.717, 1.165) is 5.56 Å². The molecule has 0 aliphatic carbocycles. The molecule has 0 radical (unpaired) electrons. The van der Waals surface area contributed by atoms with Gasteiger partial charge in [-0.15, -0.1) is 0 Å². The van der Waals surface area contributed by atoms with Crippen LogP contribution in [0.1, 0.15) is 12.5 Å². The third kappa shape index (κ3) is 4.47. The molecule has 0 aliphatic rings. The zero-order valence-electron chi connectivity index (χ0n) is 13.6. The van der Waals surface area contributed by atoms with Gasteiger partial charge in [-0.05, 0) is 43.7 Å². The molecule has 0 fully saturated rings. The Kier molecular flexibility index (Phi) is 5.60. The highest BCUT2D eigenvalue weighted by molar-refractivity contribution is 5.91. The average molecular weight is 314 g/mol. The molecule has 5 nitrogen and oxygen atoms in total. The van der Waals surface area contributed by atoms with Gasteiger partial charge in [0, 0.05) is 7.05 Å². The Labute approximate surface area is 136 Å². The fourth-order valence-electron chi connectivity index (χ4n) is 1.97. The van der Waals surface area contributed by atoms with Crippen molar-refractivity contribution in [2.45, 2.75) is 19.9 Å². The van der Waals surface area contributed by atoms with E-state index < -0.39 is 0 Å². The summed E-state index contributed by atoms with van der Waals surface area (Å²) in [6.07, 6.45) is 0. The maximum absolute atomic E-state index is 12.3. The standard InChI is InChI=1S/C18H22N2O3/c1-13-9-10-17(23-15-7-5-4-6-8-15)16(11-13)19-18(22)20(3)14(2)12-21/h4-11,14,21H,12H2,1-3H3,(H,19,22). The Balaban J connectivity index is 2.20. The van der Waals surface area contributed by atoms with Crippen molar-refractivity contribution in [3.63, 3.8) is 0 Å². The van der Waals surface area contributed by atoms with Crippen LogP contribution in [0.25, 0.3) is 0 Å². The summed E-state index contributed by atoms with van der Waals surface area (Å²) < 4.78 is 5.85. The number of amides is 2. The van der Waals surface area contributed by atoms with Crippen molar-refractivity contribution >= 4 is 11.7 Å². The van der Waals surface area contributed by atoms with E-state index >= 15 is 0 Å². The molecule has 2 aromatic carbocycles. The number of likely N-dealkylation sites (N-methyl/N-ethyl adjacent to an activating group) is 1. The third-order valence-corrected chi connectivity index (χ3v) is 3.59. The highest BCUT2D eigenvalue weighted by Crippen LogP contribution is 2.30. The van der Waals surface area contributed by atoms with Gasteiger partial charge in [0.2, 0.25) is 0 Å². The number of benzene rings is 2. The molecule has 0 aromatic heterocycles. The molecule has 2 rings (SSSR count). The van der Waals surface area contributed by atoms with Gasteiger partial charge in [-0.25, -0.2) is 4.79 Å². The molecule has 2 aromatic rings. The summed E-state index contributed by atoms with van der Waals surface area (Å²) in [7, 11) is 1.64. The second-order valence-corrected chi connectivity index (χ2v) is 5.49. The molecular formula is C18H22N2O3. The quantitative estimate of drug-likeness (QED) is 0.886. The molecular weight excluding hydrogens is 292 g/mol. The first kappa shape index (κ1) is 16.8. The van der Waals surface area contributed by atoms with Crippen LogP contribution in [0.15, 0.2) is 48.5 Å². The maximum atomic E-state index is 12.3. The van der Waals surface area contributed by atoms with Crippen molar-refractivity contribution in [1.82, 2.24) is 4.90 Å². The van der Waals surface area contributed by atoms with Gasteiger partial charge in [0.15, 0.2) is 5.75 Å². The van der Waals surface area contributed by atoms with Gasteiger partial charge in [0.05, 0.1) is 18.3 Å². The molecule has 23 heavy (non-hydrogen) atoms. The van der Waals surface area contributed by atoms with Crippen molar-refractivity contribution in [1.29, 1.82) is 0 Å². The number of ether oxygens (including phenoxy) is 1. The first-order valence-electron chi connectivity index (χ1n) is 7.49. The van der Waals surface area contributed by atoms with Gasteiger partial charge in [-0.2, -0.15) is 0 Å². The van der Waals surface area contributed by atoms with E-state index in [1.54, 1.807) is 14.0 Å². The van der Waals surface area contributed by atoms with E-state index in [2.05, 4.69) is 5.32 Å². The molecule has 0 bridgehead atoms. The Bertz CT molecular complexity index is 659. The number of para-hydroxylation sites is 1. The van der Waals surface area contributed by atoms with E-state index in [1.807, 2.05) is 55.5 Å². The topological polar surface area (TPSA) is 61.8 Å². The zero-order valence-corrected chi connectivity index (χ0v) is 13.6. The third-order valence-electron chi connectivity index (χ3n) is 3.59. The summed E-state index contributed by atoms with van der Waals surface area (Å²) in [4.78, 5) is 13.7. The van der Waals surface area contributed by atoms with Crippen LogP contribution < -0.4 is 10.1 Å². The van der Waals surface area contributed by atoms with Gasteiger partial charge in [0.25, 0.3) is 0 Å². The number of nitrogens with zero attached hydrogens (tertiary/aromatic N) is 1. The number of hydrogen-bond donors (Lipinski definition) is 2. The molecule has 1 unspecified atom stereocenters. The number of hydrogen-bond acceptors (Lipinski definition) is 3. The minimum atomic E-state index is -0.296. The predicted octanol–water partition coefficient (Wildman–Crippen LogP) is 3.63. The largest absolute Gasteiger partial charge is 0.455 e. The lowest BCUT2D eigenvalue weighted by Crippen LogP contribution is -2.40. The Morgan fingerprint density at radius 2 is 1.96 bits per heavy atom. The van der Waals surface area contributed by atoms with Crippen molar-refractivity contribution < 1.29 is 14.6 Å². The summed E-state index contributed by atoms with van der Waals surface area (Å²) in [6.45, 7) is 3.63. The van der Waals surface area contributed by atoms with Crippen molar-refractivity contribution in [2.75, 3.05) is 19.0 Å². The highest BCUT2D eigenvalue weighted by atomic mass is 16.5. The van der Waals surface area contributed by atoms with E-state index in [0.29, 0.717) is 17.2 Å². The fourth-order valence-corrected chi connectivity index (χ4v) is 1.97. The number of rotatable bonds is 5. The normalized spacial score (nSPS) is 11.7. The van der Waals surface area contributed by atoms with Crippen molar-refractivity contribution in [2.24, 2.45) is 0 Å². The lowest BCUT2D eigenvalue weighted by atomic mass is 10.2. The van der Waals surface area contributed by atoms with Gasteiger partial charge in [0.1, 0.15) is 5.75 Å². The van der Waals surface area contributed by atoms with Crippen molar-refractivity contribution in [3.8, 4) is 11.5 Å². The van der Waals surface area contributed by atoms with E-state index in [9.17, 15) is 4.79 Å². The van der Waals surface area contributed by atoms with E-state index in [-0.39, 0.29) is 18.7 Å². The average Bonchev–Trinajstić information content (AvgIpc) is 2.56. The van der Waals surface area contributed by atoms with Crippen LogP contribution in [0, 0.1) is 6.92 Å². The zero-order chi connectivity index (χ0) is 16.8. The second-order valence-electron chi connectivity index (χ2n) is 5.49. The Morgan fingerprint density at radius 3 is 2.61 bits per heavy atom. The monoisotopic (exact) mass is 314 g/mol. The summed E-state index contributed by atoms with van der Waals surface area (Å²) >= 11 is 0. The molecule has 0 aliphatic heterocycles.